The Labute approximate surface area is 187 Å². The number of hydrogen-bond acceptors (Lipinski definition) is 7. The average molecular weight is 462 g/mol. The molecule has 0 aliphatic carbocycles. The predicted molar refractivity (Wildman–Crippen MR) is 113 cm³/mol. The van der Waals surface area contributed by atoms with Crippen LogP contribution in [0.25, 0.3) is 11.1 Å². The van der Waals surface area contributed by atoms with Crippen LogP contribution in [0, 0.1) is 0 Å². The number of ether oxygens (including phenoxy) is 2. The van der Waals surface area contributed by atoms with Gasteiger partial charge in [0.05, 0.1) is 12.2 Å². The molecule has 0 unspecified atom stereocenters. The van der Waals surface area contributed by atoms with Crippen molar-refractivity contribution < 1.29 is 32.5 Å². The zero-order valence-electron chi connectivity index (χ0n) is 17.4. The predicted octanol–water partition coefficient (Wildman–Crippen LogP) is 4.23. The van der Waals surface area contributed by atoms with Crippen molar-refractivity contribution in [3.8, 4) is 22.8 Å². The minimum atomic E-state index is -4.80. The molecule has 2 heterocycles. The normalized spacial score (nSPS) is 11.2. The summed E-state index contributed by atoms with van der Waals surface area (Å²) < 4.78 is 46.4. The Hall–Kier alpha value is -3.73. The van der Waals surface area contributed by atoms with Crippen LogP contribution in [0.2, 0.25) is 0 Å². The number of unbranched alkanes of at least 4 members (excludes halogenated alkanes) is 2. The van der Waals surface area contributed by atoms with Gasteiger partial charge in [-0.2, -0.15) is 0 Å². The van der Waals surface area contributed by atoms with Crippen LogP contribution in [0.3, 0.4) is 0 Å². The van der Waals surface area contributed by atoms with E-state index in [1.807, 2.05) is 0 Å². The molecule has 33 heavy (non-hydrogen) atoms. The SMILES string of the molecule is O=C(Nc1ccc(OC(F)(F)F)cc1)c1cnc(OCCCCCO)c(-c2cncnc2)c1. The number of rotatable bonds is 10. The lowest BCUT2D eigenvalue weighted by molar-refractivity contribution is -0.274. The number of aliphatic hydroxyl groups excluding tert-OH is 1. The minimum absolute atomic E-state index is 0.118. The van der Waals surface area contributed by atoms with Gasteiger partial charge < -0.3 is 19.9 Å². The van der Waals surface area contributed by atoms with E-state index in [2.05, 4.69) is 25.0 Å². The fourth-order valence-electron chi connectivity index (χ4n) is 2.84. The van der Waals surface area contributed by atoms with E-state index in [-0.39, 0.29) is 17.9 Å². The smallest absolute Gasteiger partial charge is 0.477 e. The van der Waals surface area contributed by atoms with Gasteiger partial charge in [-0.25, -0.2) is 15.0 Å². The molecule has 0 radical (unpaired) electrons. The van der Waals surface area contributed by atoms with Gasteiger partial charge in [0.2, 0.25) is 5.88 Å². The van der Waals surface area contributed by atoms with Crippen LogP contribution in [0.1, 0.15) is 29.6 Å². The maximum absolute atomic E-state index is 12.7. The first-order valence-electron chi connectivity index (χ1n) is 10.0. The van der Waals surface area contributed by atoms with Gasteiger partial charge >= 0.3 is 6.36 Å². The molecular weight excluding hydrogens is 441 g/mol. The number of amides is 1. The molecule has 3 aromatic rings. The molecule has 1 amide bonds. The third-order valence-corrected chi connectivity index (χ3v) is 4.37. The third-order valence-electron chi connectivity index (χ3n) is 4.37. The monoisotopic (exact) mass is 462 g/mol. The van der Waals surface area contributed by atoms with Crippen molar-refractivity contribution in [1.29, 1.82) is 0 Å². The van der Waals surface area contributed by atoms with Gasteiger partial charge in [0, 0.05) is 42.0 Å². The Morgan fingerprint density at radius 1 is 1.03 bits per heavy atom. The summed E-state index contributed by atoms with van der Waals surface area (Å²) in [5.74, 6) is -0.604. The van der Waals surface area contributed by atoms with Crippen molar-refractivity contribution in [2.45, 2.75) is 25.6 Å². The van der Waals surface area contributed by atoms with Crippen LogP contribution in [-0.2, 0) is 0 Å². The van der Waals surface area contributed by atoms with E-state index in [1.165, 1.54) is 24.7 Å². The number of nitrogens with zero attached hydrogens (tertiary/aromatic N) is 3. The Balaban J connectivity index is 1.75. The van der Waals surface area contributed by atoms with E-state index in [1.54, 1.807) is 18.5 Å². The fourth-order valence-corrected chi connectivity index (χ4v) is 2.84. The second-order valence-corrected chi connectivity index (χ2v) is 6.86. The molecule has 0 atom stereocenters. The molecule has 11 heteroatoms. The second-order valence-electron chi connectivity index (χ2n) is 6.86. The number of hydrogen-bond donors (Lipinski definition) is 2. The molecule has 0 aliphatic heterocycles. The number of nitrogens with one attached hydrogen (secondary N) is 1. The van der Waals surface area contributed by atoms with E-state index in [4.69, 9.17) is 9.84 Å². The van der Waals surface area contributed by atoms with Gasteiger partial charge in [0.15, 0.2) is 0 Å². The molecule has 0 saturated carbocycles. The molecule has 0 saturated heterocycles. The number of carbonyl (C=O) groups excluding carboxylic acids is 1. The Morgan fingerprint density at radius 3 is 2.42 bits per heavy atom. The lowest BCUT2D eigenvalue weighted by Crippen LogP contribution is -2.17. The molecule has 0 spiro atoms. The van der Waals surface area contributed by atoms with Gasteiger partial charge in [-0.1, -0.05) is 0 Å². The lowest BCUT2D eigenvalue weighted by atomic mass is 10.1. The first-order chi connectivity index (χ1) is 15.9. The zero-order chi connectivity index (χ0) is 23.7. The van der Waals surface area contributed by atoms with Crippen LogP contribution in [0.15, 0.2) is 55.2 Å². The van der Waals surface area contributed by atoms with Crippen molar-refractivity contribution in [2.75, 3.05) is 18.5 Å². The number of benzene rings is 1. The minimum Gasteiger partial charge on any atom is -0.477 e. The van der Waals surface area contributed by atoms with E-state index in [0.29, 0.717) is 30.0 Å². The molecular formula is C22H21F3N4O4. The lowest BCUT2D eigenvalue weighted by Gasteiger charge is -2.13. The summed E-state index contributed by atoms with van der Waals surface area (Å²) in [4.78, 5) is 24.9. The highest BCUT2D eigenvalue weighted by molar-refractivity contribution is 6.04. The highest BCUT2D eigenvalue weighted by Crippen LogP contribution is 2.29. The quantitative estimate of drug-likeness (QED) is 0.434. The van der Waals surface area contributed by atoms with Crippen LogP contribution < -0.4 is 14.8 Å². The maximum atomic E-state index is 12.7. The van der Waals surface area contributed by atoms with E-state index in [9.17, 15) is 18.0 Å². The van der Waals surface area contributed by atoms with Gasteiger partial charge in [-0.15, -0.1) is 13.2 Å². The molecule has 0 bridgehead atoms. The molecule has 2 aromatic heterocycles. The van der Waals surface area contributed by atoms with Crippen LogP contribution in [0.5, 0.6) is 11.6 Å². The molecule has 8 nitrogen and oxygen atoms in total. The number of aliphatic hydroxyl groups is 1. The maximum Gasteiger partial charge on any atom is 0.573 e. The molecule has 174 valence electrons. The van der Waals surface area contributed by atoms with Crippen molar-refractivity contribution in [1.82, 2.24) is 15.0 Å². The number of anilines is 1. The summed E-state index contributed by atoms with van der Waals surface area (Å²) in [7, 11) is 0. The molecule has 3 rings (SSSR count). The number of aromatic nitrogens is 3. The summed E-state index contributed by atoms with van der Waals surface area (Å²) >= 11 is 0. The first kappa shape index (κ1) is 23.9. The van der Waals surface area contributed by atoms with Gasteiger partial charge in [0.1, 0.15) is 12.1 Å². The summed E-state index contributed by atoms with van der Waals surface area (Å²) in [6, 6.07) is 6.36. The Kier molecular flexibility index (Phi) is 8.14. The molecule has 1 aromatic carbocycles. The summed E-state index contributed by atoms with van der Waals surface area (Å²) in [5.41, 5.74) is 1.60. The molecule has 0 fully saturated rings. The number of halogens is 3. The van der Waals surface area contributed by atoms with E-state index < -0.39 is 18.0 Å². The Bertz CT molecular complexity index is 1050. The van der Waals surface area contributed by atoms with Crippen molar-refractivity contribution in [2.24, 2.45) is 0 Å². The highest BCUT2D eigenvalue weighted by Gasteiger charge is 2.31. The number of carbonyl (C=O) groups is 1. The molecule has 2 N–H and O–H groups in total. The largest absolute Gasteiger partial charge is 0.573 e. The molecule has 0 aliphatic rings. The van der Waals surface area contributed by atoms with Gasteiger partial charge in [-0.05, 0) is 49.6 Å². The van der Waals surface area contributed by atoms with Gasteiger partial charge in [-0.3, -0.25) is 4.79 Å². The number of pyridine rings is 1. The van der Waals surface area contributed by atoms with Crippen molar-refractivity contribution in [3.05, 3.63) is 60.8 Å². The van der Waals surface area contributed by atoms with E-state index in [0.717, 1.165) is 25.0 Å². The van der Waals surface area contributed by atoms with Crippen molar-refractivity contribution >= 4 is 11.6 Å². The third kappa shape index (κ3) is 7.42. The summed E-state index contributed by atoms with van der Waals surface area (Å²) in [5, 5.41) is 11.5. The first-order valence-corrected chi connectivity index (χ1v) is 10.0. The van der Waals surface area contributed by atoms with Crippen LogP contribution in [0.4, 0.5) is 18.9 Å². The summed E-state index contributed by atoms with van der Waals surface area (Å²) in [6.07, 6.45) is 3.24. The van der Waals surface area contributed by atoms with Crippen LogP contribution >= 0.6 is 0 Å². The zero-order valence-corrected chi connectivity index (χ0v) is 17.4. The van der Waals surface area contributed by atoms with Crippen LogP contribution in [-0.4, -0.2) is 45.5 Å². The summed E-state index contributed by atoms with van der Waals surface area (Å²) in [6.45, 7) is 0.498. The number of alkyl halides is 3. The van der Waals surface area contributed by atoms with Gasteiger partial charge in [0.25, 0.3) is 5.91 Å². The fraction of sp³-hybridized carbons (Fsp3) is 0.273. The highest BCUT2D eigenvalue weighted by atomic mass is 19.4. The second kappa shape index (κ2) is 11.2. The standard InChI is InChI=1S/C22H21F3N4O4/c23-22(24,25)33-18-6-4-17(5-7-18)29-20(31)15-10-19(16-11-26-14-27-12-16)21(28-13-15)32-9-3-1-2-8-30/h4-7,10-14,30H,1-3,8-9H2,(H,29,31). The van der Waals surface area contributed by atoms with E-state index >= 15 is 0 Å². The van der Waals surface area contributed by atoms with Crippen molar-refractivity contribution in [3.63, 3.8) is 0 Å². The average Bonchev–Trinajstić information content (AvgIpc) is 2.80. The topological polar surface area (TPSA) is 106 Å². The Morgan fingerprint density at radius 2 is 1.76 bits per heavy atom.